The number of halogens is 3. The third-order valence-corrected chi connectivity index (χ3v) is 2.83. The van der Waals surface area contributed by atoms with Crippen molar-refractivity contribution in [2.24, 2.45) is 4.99 Å². The maximum Gasteiger partial charge on any atom is 0.432 e. The first-order valence-corrected chi connectivity index (χ1v) is 5.84. The van der Waals surface area contributed by atoms with Crippen LogP contribution >= 0.6 is 0 Å². The highest BCUT2D eigenvalue weighted by molar-refractivity contribution is 6.01. The number of aromatic nitrogens is 1. The summed E-state index contributed by atoms with van der Waals surface area (Å²) < 4.78 is 42.5. The second-order valence-corrected chi connectivity index (χ2v) is 4.28. The number of aliphatic imine (C=N–C) groups is 1. The molecule has 0 unspecified atom stereocenters. The van der Waals surface area contributed by atoms with Gasteiger partial charge >= 0.3 is 6.18 Å². The second-order valence-electron chi connectivity index (χ2n) is 4.28. The van der Waals surface area contributed by atoms with E-state index in [-0.39, 0.29) is 18.7 Å². The number of carbonyl (C=O) groups excluding carboxylic acids is 1. The second kappa shape index (κ2) is 5.10. The predicted octanol–water partition coefficient (Wildman–Crippen LogP) is 2.26. The van der Waals surface area contributed by atoms with Crippen molar-refractivity contribution in [1.29, 1.82) is 0 Å². The van der Waals surface area contributed by atoms with Crippen LogP contribution in [0.2, 0.25) is 0 Å². The minimum absolute atomic E-state index is 0.0684. The third-order valence-electron chi connectivity index (χ3n) is 2.83. The monoisotopic (exact) mass is 287 g/mol. The van der Waals surface area contributed by atoms with E-state index < -0.39 is 17.8 Å². The molecule has 20 heavy (non-hydrogen) atoms. The van der Waals surface area contributed by atoms with Gasteiger partial charge in [-0.1, -0.05) is 5.16 Å². The molecule has 0 N–H and O–H groups in total. The minimum atomic E-state index is -4.52. The summed E-state index contributed by atoms with van der Waals surface area (Å²) in [6.07, 6.45) is -2.63. The number of amides is 1. The molecule has 8 heteroatoms. The zero-order valence-electron chi connectivity index (χ0n) is 10.9. The lowest BCUT2D eigenvalue weighted by atomic mass is 10.2. The molecule has 1 aromatic rings. The Morgan fingerprint density at radius 2 is 2.10 bits per heavy atom. The molecular weight excluding hydrogens is 275 g/mol. The highest BCUT2D eigenvalue weighted by Crippen LogP contribution is 2.21. The van der Waals surface area contributed by atoms with Crippen LogP contribution in [0.25, 0.3) is 0 Å². The predicted molar refractivity (Wildman–Crippen MR) is 64.5 cm³/mol. The van der Waals surface area contributed by atoms with Gasteiger partial charge in [0.1, 0.15) is 17.0 Å². The first kappa shape index (κ1) is 14.3. The van der Waals surface area contributed by atoms with Crippen molar-refractivity contribution < 1.29 is 22.5 Å². The molecule has 0 spiro atoms. The van der Waals surface area contributed by atoms with E-state index in [1.807, 2.05) is 0 Å². The standard InChI is InChI=1S/C12H12F3N3O2/c1-7-10(8(2)20-17-7)11(19)18-5-3-9(12(13,14)15)16-4-6-18/h3,5H,4,6H2,1-2H3. The number of aryl methyl sites for hydroxylation is 2. The molecule has 2 heterocycles. The van der Waals surface area contributed by atoms with Gasteiger partial charge in [0.25, 0.3) is 5.91 Å². The minimum Gasteiger partial charge on any atom is -0.361 e. The van der Waals surface area contributed by atoms with Crippen molar-refractivity contribution in [2.75, 3.05) is 13.1 Å². The van der Waals surface area contributed by atoms with Crippen molar-refractivity contribution in [2.45, 2.75) is 20.0 Å². The van der Waals surface area contributed by atoms with E-state index in [2.05, 4.69) is 10.1 Å². The average Bonchev–Trinajstić information content (AvgIpc) is 2.58. The van der Waals surface area contributed by atoms with Gasteiger partial charge in [-0.2, -0.15) is 13.2 Å². The summed E-state index contributed by atoms with van der Waals surface area (Å²) in [5.41, 5.74) is -0.321. The summed E-state index contributed by atoms with van der Waals surface area (Å²) in [4.78, 5) is 16.9. The molecule has 5 nitrogen and oxygen atoms in total. The van der Waals surface area contributed by atoms with Gasteiger partial charge in [0.2, 0.25) is 0 Å². The van der Waals surface area contributed by atoms with Crippen LogP contribution in [0.1, 0.15) is 21.8 Å². The van der Waals surface area contributed by atoms with Crippen LogP contribution in [0.15, 0.2) is 21.8 Å². The van der Waals surface area contributed by atoms with E-state index in [9.17, 15) is 18.0 Å². The number of rotatable bonds is 1. The van der Waals surface area contributed by atoms with Crippen LogP contribution in [0.5, 0.6) is 0 Å². The molecule has 2 rings (SSSR count). The van der Waals surface area contributed by atoms with Gasteiger partial charge < -0.3 is 9.42 Å². The number of carbonyl (C=O) groups is 1. The lowest BCUT2D eigenvalue weighted by molar-refractivity contribution is -0.0578. The van der Waals surface area contributed by atoms with Gasteiger partial charge in [0, 0.05) is 12.7 Å². The van der Waals surface area contributed by atoms with Crippen molar-refractivity contribution in [3.63, 3.8) is 0 Å². The van der Waals surface area contributed by atoms with Crippen molar-refractivity contribution >= 4 is 11.6 Å². The van der Waals surface area contributed by atoms with Crippen molar-refractivity contribution in [1.82, 2.24) is 10.1 Å². The maximum absolute atomic E-state index is 12.5. The van der Waals surface area contributed by atoms with Crippen LogP contribution in [0.4, 0.5) is 13.2 Å². The molecule has 0 radical (unpaired) electrons. The molecule has 1 amide bonds. The molecule has 0 atom stereocenters. The summed E-state index contributed by atoms with van der Waals surface area (Å²) in [5.74, 6) is -0.113. The molecule has 0 bridgehead atoms. The summed E-state index contributed by atoms with van der Waals surface area (Å²) in [5, 5.41) is 3.65. The van der Waals surface area contributed by atoms with Crippen LogP contribution in [-0.2, 0) is 0 Å². The Hall–Kier alpha value is -2.12. The molecule has 0 fully saturated rings. The normalized spacial score (nSPS) is 16.1. The Labute approximate surface area is 112 Å². The summed E-state index contributed by atoms with van der Waals surface area (Å²) in [6.45, 7) is 3.13. The first-order chi connectivity index (χ1) is 9.30. The average molecular weight is 287 g/mol. The maximum atomic E-state index is 12.5. The Morgan fingerprint density at radius 3 is 2.65 bits per heavy atom. The SMILES string of the molecule is Cc1noc(C)c1C(=O)N1C=CC(C(F)(F)F)=NCC1. The number of nitrogens with zero attached hydrogens (tertiary/aromatic N) is 3. The molecule has 0 aliphatic carbocycles. The van der Waals surface area contributed by atoms with Gasteiger partial charge in [-0.3, -0.25) is 9.79 Å². The molecule has 0 saturated carbocycles. The van der Waals surface area contributed by atoms with Crippen molar-refractivity contribution in [3.05, 3.63) is 29.3 Å². The van der Waals surface area contributed by atoms with Crippen LogP contribution in [-0.4, -0.2) is 40.9 Å². The summed E-state index contributed by atoms with van der Waals surface area (Å²) >= 11 is 0. The molecule has 1 aliphatic heterocycles. The fraction of sp³-hybridized carbons (Fsp3) is 0.417. The first-order valence-electron chi connectivity index (χ1n) is 5.84. The third kappa shape index (κ3) is 2.73. The number of alkyl halides is 3. The molecule has 1 aromatic heterocycles. The summed E-state index contributed by atoms with van der Waals surface area (Å²) in [6, 6.07) is 0. The van der Waals surface area contributed by atoms with Gasteiger partial charge in [-0.15, -0.1) is 0 Å². The smallest absolute Gasteiger partial charge is 0.361 e. The Balaban J connectivity index is 2.23. The zero-order valence-corrected chi connectivity index (χ0v) is 10.9. The number of hydrogen-bond donors (Lipinski definition) is 0. The van der Waals surface area contributed by atoms with Gasteiger partial charge in [-0.25, -0.2) is 0 Å². The Morgan fingerprint density at radius 1 is 1.40 bits per heavy atom. The van der Waals surface area contributed by atoms with E-state index in [0.29, 0.717) is 11.5 Å². The molecule has 0 saturated heterocycles. The largest absolute Gasteiger partial charge is 0.432 e. The van der Waals surface area contributed by atoms with E-state index in [0.717, 1.165) is 12.3 Å². The van der Waals surface area contributed by atoms with E-state index in [1.165, 1.54) is 4.90 Å². The summed E-state index contributed by atoms with van der Waals surface area (Å²) in [7, 11) is 0. The highest BCUT2D eigenvalue weighted by Gasteiger charge is 2.34. The number of allylic oxidation sites excluding steroid dienone is 1. The number of hydrogen-bond acceptors (Lipinski definition) is 4. The highest BCUT2D eigenvalue weighted by atomic mass is 19.4. The lowest BCUT2D eigenvalue weighted by Crippen LogP contribution is -2.28. The van der Waals surface area contributed by atoms with Crippen LogP contribution in [0.3, 0.4) is 0 Å². The van der Waals surface area contributed by atoms with Crippen LogP contribution in [0, 0.1) is 13.8 Å². The lowest BCUT2D eigenvalue weighted by Gasteiger charge is -2.15. The Bertz CT molecular complexity index is 568. The Kier molecular flexibility index (Phi) is 3.65. The van der Waals surface area contributed by atoms with E-state index in [1.54, 1.807) is 13.8 Å². The zero-order chi connectivity index (χ0) is 14.9. The molecule has 1 aliphatic rings. The fourth-order valence-electron chi connectivity index (χ4n) is 1.85. The molecular formula is C12H12F3N3O2. The van der Waals surface area contributed by atoms with E-state index in [4.69, 9.17) is 4.52 Å². The molecule has 0 aromatic carbocycles. The molecule has 108 valence electrons. The fourth-order valence-corrected chi connectivity index (χ4v) is 1.85. The quantitative estimate of drug-likeness (QED) is 0.796. The van der Waals surface area contributed by atoms with Crippen LogP contribution < -0.4 is 0 Å². The van der Waals surface area contributed by atoms with Gasteiger partial charge in [0.15, 0.2) is 0 Å². The van der Waals surface area contributed by atoms with Gasteiger partial charge in [0.05, 0.1) is 12.2 Å². The topological polar surface area (TPSA) is 58.7 Å². The van der Waals surface area contributed by atoms with Gasteiger partial charge in [-0.05, 0) is 19.9 Å². The van der Waals surface area contributed by atoms with E-state index >= 15 is 0 Å². The van der Waals surface area contributed by atoms with Crippen molar-refractivity contribution in [3.8, 4) is 0 Å².